The van der Waals surface area contributed by atoms with Crippen molar-refractivity contribution in [2.75, 3.05) is 0 Å². The smallest absolute Gasteiger partial charge is 0.0324 e. The lowest BCUT2D eigenvalue weighted by atomic mass is 9.79. The van der Waals surface area contributed by atoms with Crippen molar-refractivity contribution in [3.63, 3.8) is 0 Å². The Kier molecular flexibility index (Phi) is 1.85. The van der Waals surface area contributed by atoms with E-state index in [1.807, 2.05) is 5.57 Å². The highest BCUT2D eigenvalue weighted by Gasteiger charge is 2.36. The van der Waals surface area contributed by atoms with Gasteiger partial charge in [-0.3, -0.25) is 0 Å². The third-order valence-electron chi connectivity index (χ3n) is 4.08. The van der Waals surface area contributed by atoms with Crippen LogP contribution in [0.3, 0.4) is 0 Å². The third kappa shape index (κ3) is 1.20. The fourth-order valence-electron chi connectivity index (χ4n) is 3.45. The minimum absolute atomic E-state index is 0.844. The first-order chi connectivity index (χ1) is 6.45. The van der Waals surface area contributed by atoms with Crippen molar-refractivity contribution in [1.29, 1.82) is 0 Å². The van der Waals surface area contributed by atoms with Gasteiger partial charge in [0.1, 0.15) is 0 Å². The SMILES string of the molecule is C1CCC2=C(C1)N[C@@H]1CCCC[C@H]21. The Labute approximate surface area is 80.6 Å². The Hall–Kier alpha value is -0.460. The third-order valence-corrected chi connectivity index (χ3v) is 4.08. The van der Waals surface area contributed by atoms with E-state index in [4.69, 9.17) is 0 Å². The number of hydrogen-bond acceptors (Lipinski definition) is 1. The molecule has 2 atom stereocenters. The second-order valence-electron chi connectivity index (χ2n) is 4.85. The Morgan fingerprint density at radius 2 is 1.77 bits per heavy atom. The second-order valence-corrected chi connectivity index (χ2v) is 4.85. The summed E-state index contributed by atoms with van der Waals surface area (Å²) >= 11 is 0. The molecule has 0 aromatic heterocycles. The van der Waals surface area contributed by atoms with E-state index in [-0.39, 0.29) is 0 Å². The molecule has 2 aliphatic carbocycles. The molecule has 1 heteroatoms. The molecule has 3 aliphatic rings. The summed E-state index contributed by atoms with van der Waals surface area (Å²) in [5.74, 6) is 0.948. The van der Waals surface area contributed by atoms with Gasteiger partial charge in [0, 0.05) is 17.7 Å². The van der Waals surface area contributed by atoms with Gasteiger partial charge < -0.3 is 5.32 Å². The van der Waals surface area contributed by atoms with Gasteiger partial charge in [-0.15, -0.1) is 0 Å². The standard InChI is InChI=1S/C12H19N/c1-3-7-11-9(5-1)10-6-2-4-8-12(10)13-11/h9,11,13H,1-8H2/t9-,11-/m1/s1. The van der Waals surface area contributed by atoms with E-state index in [0.717, 1.165) is 12.0 Å². The van der Waals surface area contributed by atoms with Gasteiger partial charge in [0.25, 0.3) is 0 Å². The van der Waals surface area contributed by atoms with Gasteiger partial charge in [0.15, 0.2) is 0 Å². The summed E-state index contributed by atoms with van der Waals surface area (Å²) in [4.78, 5) is 0. The first-order valence-electron chi connectivity index (χ1n) is 5.93. The number of hydrogen-bond donors (Lipinski definition) is 1. The molecule has 13 heavy (non-hydrogen) atoms. The fourth-order valence-corrected chi connectivity index (χ4v) is 3.45. The normalized spacial score (nSPS) is 38.2. The first kappa shape index (κ1) is 7.90. The molecular weight excluding hydrogens is 158 g/mol. The molecular formula is C12H19N. The fraction of sp³-hybridized carbons (Fsp3) is 0.833. The van der Waals surface area contributed by atoms with Crippen molar-refractivity contribution in [1.82, 2.24) is 5.32 Å². The lowest BCUT2D eigenvalue weighted by molar-refractivity contribution is 0.336. The van der Waals surface area contributed by atoms with E-state index in [0.29, 0.717) is 0 Å². The number of allylic oxidation sites excluding steroid dienone is 1. The van der Waals surface area contributed by atoms with Crippen LogP contribution in [0.2, 0.25) is 0 Å². The lowest BCUT2D eigenvalue weighted by Crippen LogP contribution is -2.31. The van der Waals surface area contributed by atoms with Crippen LogP contribution in [0.15, 0.2) is 11.3 Å². The highest BCUT2D eigenvalue weighted by Crippen LogP contribution is 2.42. The van der Waals surface area contributed by atoms with Gasteiger partial charge in [-0.2, -0.15) is 0 Å². The largest absolute Gasteiger partial charge is 0.385 e. The van der Waals surface area contributed by atoms with Crippen LogP contribution in [-0.4, -0.2) is 6.04 Å². The first-order valence-corrected chi connectivity index (χ1v) is 5.93. The molecule has 0 aromatic carbocycles. The molecule has 0 bridgehead atoms. The summed E-state index contributed by atoms with van der Waals surface area (Å²) in [6, 6.07) is 0.844. The van der Waals surface area contributed by atoms with Crippen molar-refractivity contribution < 1.29 is 0 Å². The molecule has 1 aliphatic heterocycles. The Bertz CT molecular complexity index is 242. The van der Waals surface area contributed by atoms with E-state index >= 15 is 0 Å². The highest BCUT2D eigenvalue weighted by molar-refractivity contribution is 5.27. The van der Waals surface area contributed by atoms with Crippen LogP contribution in [0, 0.1) is 5.92 Å². The molecule has 0 saturated heterocycles. The van der Waals surface area contributed by atoms with E-state index in [1.165, 1.54) is 51.4 Å². The molecule has 0 unspecified atom stereocenters. The monoisotopic (exact) mass is 177 g/mol. The molecule has 1 nitrogen and oxygen atoms in total. The maximum Gasteiger partial charge on any atom is 0.0324 e. The zero-order valence-electron chi connectivity index (χ0n) is 8.31. The van der Waals surface area contributed by atoms with E-state index in [1.54, 1.807) is 5.70 Å². The van der Waals surface area contributed by atoms with Crippen LogP contribution in [0.25, 0.3) is 0 Å². The van der Waals surface area contributed by atoms with Gasteiger partial charge in [0.05, 0.1) is 0 Å². The van der Waals surface area contributed by atoms with Crippen LogP contribution in [0.1, 0.15) is 51.4 Å². The molecule has 1 heterocycles. The van der Waals surface area contributed by atoms with E-state index in [9.17, 15) is 0 Å². The Balaban J connectivity index is 1.85. The number of fused-ring (bicyclic) bond motifs is 2. The van der Waals surface area contributed by atoms with Crippen molar-refractivity contribution in [3.8, 4) is 0 Å². The van der Waals surface area contributed by atoms with Gasteiger partial charge in [-0.1, -0.05) is 12.8 Å². The van der Waals surface area contributed by atoms with E-state index < -0.39 is 0 Å². The minimum Gasteiger partial charge on any atom is -0.385 e. The number of nitrogens with one attached hydrogen (secondary N) is 1. The molecule has 0 radical (unpaired) electrons. The van der Waals surface area contributed by atoms with Crippen LogP contribution in [0.4, 0.5) is 0 Å². The number of rotatable bonds is 0. The molecule has 3 rings (SSSR count). The Morgan fingerprint density at radius 3 is 2.77 bits per heavy atom. The quantitative estimate of drug-likeness (QED) is 0.600. The Morgan fingerprint density at radius 1 is 0.923 bits per heavy atom. The maximum absolute atomic E-state index is 3.77. The second kappa shape index (κ2) is 3.04. The topological polar surface area (TPSA) is 12.0 Å². The minimum atomic E-state index is 0.844. The van der Waals surface area contributed by atoms with Crippen molar-refractivity contribution in [2.24, 2.45) is 5.92 Å². The lowest BCUT2D eigenvalue weighted by Gasteiger charge is -2.27. The summed E-state index contributed by atoms with van der Waals surface area (Å²) in [5, 5.41) is 3.77. The zero-order chi connectivity index (χ0) is 8.67. The predicted octanol–water partition coefficient (Wildman–Crippen LogP) is 2.98. The maximum atomic E-state index is 3.77. The van der Waals surface area contributed by atoms with Crippen molar-refractivity contribution in [2.45, 2.75) is 57.4 Å². The average Bonchev–Trinajstić information content (AvgIpc) is 2.56. The van der Waals surface area contributed by atoms with Crippen molar-refractivity contribution >= 4 is 0 Å². The molecule has 0 spiro atoms. The van der Waals surface area contributed by atoms with E-state index in [2.05, 4.69) is 5.32 Å². The molecule has 1 fully saturated rings. The summed E-state index contributed by atoms with van der Waals surface area (Å²) < 4.78 is 0. The zero-order valence-corrected chi connectivity index (χ0v) is 8.31. The summed E-state index contributed by atoms with van der Waals surface area (Å²) in [6.45, 7) is 0. The van der Waals surface area contributed by atoms with Crippen LogP contribution < -0.4 is 5.32 Å². The molecule has 1 N–H and O–H groups in total. The predicted molar refractivity (Wildman–Crippen MR) is 54.4 cm³/mol. The molecule has 0 amide bonds. The summed E-state index contributed by atoms with van der Waals surface area (Å²) in [7, 11) is 0. The van der Waals surface area contributed by atoms with Gasteiger partial charge >= 0.3 is 0 Å². The average molecular weight is 177 g/mol. The van der Waals surface area contributed by atoms with Crippen LogP contribution in [-0.2, 0) is 0 Å². The molecule has 1 saturated carbocycles. The van der Waals surface area contributed by atoms with Gasteiger partial charge in [-0.05, 0) is 44.1 Å². The molecule has 0 aromatic rings. The van der Waals surface area contributed by atoms with Gasteiger partial charge in [0.2, 0.25) is 0 Å². The summed E-state index contributed by atoms with van der Waals surface area (Å²) in [5.41, 5.74) is 3.49. The molecule has 72 valence electrons. The highest BCUT2D eigenvalue weighted by atomic mass is 15.0. The van der Waals surface area contributed by atoms with Crippen LogP contribution >= 0.6 is 0 Å². The van der Waals surface area contributed by atoms with Crippen molar-refractivity contribution in [3.05, 3.63) is 11.3 Å². The van der Waals surface area contributed by atoms with Crippen LogP contribution in [0.5, 0.6) is 0 Å². The summed E-state index contributed by atoms with van der Waals surface area (Å²) in [6.07, 6.45) is 11.4. The van der Waals surface area contributed by atoms with Gasteiger partial charge in [-0.25, -0.2) is 0 Å².